The molecular formula is C27H27NO4. The van der Waals surface area contributed by atoms with Crippen molar-refractivity contribution in [3.8, 4) is 28.3 Å². The Morgan fingerprint density at radius 1 is 0.969 bits per heavy atom. The number of nitrogens with zero attached hydrogens (tertiary/aromatic N) is 1. The lowest BCUT2D eigenvalue weighted by molar-refractivity contribution is -0.131. The summed E-state index contributed by atoms with van der Waals surface area (Å²) in [6.45, 7) is 7.87. The van der Waals surface area contributed by atoms with E-state index in [2.05, 4.69) is 25.3 Å². The highest BCUT2D eigenvalue weighted by Crippen LogP contribution is 2.36. The van der Waals surface area contributed by atoms with Gasteiger partial charge in [-0.15, -0.1) is 0 Å². The van der Waals surface area contributed by atoms with Crippen LogP contribution in [0.5, 0.6) is 5.75 Å². The van der Waals surface area contributed by atoms with Crippen LogP contribution in [0.25, 0.3) is 33.5 Å². The first kappa shape index (κ1) is 21.6. The van der Waals surface area contributed by atoms with Crippen molar-refractivity contribution >= 4 is 22.7 Å². The zero-order chi connectivity index (χ0) is 22.9. The molecule has 0 spiro atoms. The molecule has 32 heavy (non-hydrogen) atoms. The fraction of sp³-hybridized carbons (Fsp3) is 0.259. The number of carbonyl (C=O) groups is 2. The molecule has 0 radical (unpaired) electrons. The Morgan fingerprint density at radius 3 is 2.38 bits per heavy atom. The summed E-state index contributed by atoms with van der Waals surface area (Å²) in [6, 6.07) is 19.5. The van der Waals surface area contributed by atoms with E-state index in [1.54, 1.807) is 18.4 Å². The van der Waals surface area contributed by atoms with Gasteiger partial charge in [0.15, 0.2) is 5.78 Å². The second kappa shape index (κ2) is 8.50. The van der Waals surface area contributed by atoms with Crippen LogP contribution in [0.15, 0.2) is 71.3 Å². The molecule has 4 aromatic rings. The average Bonchev–Trinajstić information content (AvgIpc) is 3.30. The highest BCUT2D eigenvalue weighted by atomic mass is 16.5. The third-order valence-electron chi connectivity index (χ3n) is 5.20. The molecule has 4 rings (SSSR count). The minimum atomic E-state index is -0.380. The summed E-state index contributed by atoms with van der Waals surface area (Å²) in [5.41, 5.74) is 4.37. The molecule has 2 aromatic carbocycles. The molecule has 0 unspecified atom stereocenters. The van der Waals surface area contributed by atoms with Gasteiger partial charge in [-0.05, 0) is 35.2 Å². The first-order chi connectivity index (χ1) is 15.2. The van der Waals surface area contributed by atoms with Crippen LogP contribution in [0.2, 0.25) is 0 Å². The number of carbonyl (C=O) groups excluding carboxylic acids is 2. The van der Waals surface area contributed by atoms with Crippen LogP contribution in [-0.4, -0.2) is 16.3 Å². The molecule has 5 nitrogen and oxygen atoms in total. The normalized spacial score (nSPS) is 11.6. The number of furan rings is 1. The van der Waals surface area contributed by atoms with Crippen molar-refractivity contribution in [3.05, 3.63) is 66.9 Å². The molecule has 2 aromatic heterocycles. The summed E-state index contributed by atoms with van der Waals surface area (Å²) < 4.78 is 13.0. The number of benzene rings is 2. The maximum Gasteiger partial charge on any atom is 0.308 e. The molecule has 0 bridgehead atoms. The van der Waals surface area contributed by atoms with Crippen molar-refractivity contribution in [2.24, 2.45) is 5.41 Å². The topological polar surface area (TPSA) is 61.4 Å². The fourth-order valence-corrected chi connectivity index (χ4v) is 3.99. The molecule has 0 amide bonds. The minimum absolute atomic E-state index is 0.0766. The first-order valence-corrected chi connectivity index (χ1v) is 10.7. The number of fused-ring (bicyclic) bond motifs is 1. The quantitative estimate of drug-likeness (QED) is 0.259. The lowest BCUT2D eigenvalue weighted by Crippen LogP contribution is -2.18. The van der Waals surface area contributed by atoms with Crippen molar-refractivity contribution in [2.45, 2.75) is 40.7 Å². The van der Waals surface area contributed by atoms with E-state index in [-0.39, 0.29) is 23.7 Å². The third kappa shape index (κ3) is 4.67. The lowest BCUT2D eigenvalue weighted by atomic mass is 9.90. The van der Waals surface area contributed by atoms with Crippen molar-refractivity contribution in [2.75, 3.05) is 0 Å². The maximum atomic E-state index is 12.9. The Balaban J connectivity index is 1.79. The smallest absolute Gasteiger partial charge is 0.308 e. The summed E-state index contributed by atoms with van der Waals surface area (Å²) in [7, 11) is 0. The van der Waals surface area contributed by atoms with Gasteiger partial charge in [-0.1, -0.05) is 51.1 Å². The highest BCUT2D eigenvalue weighted by Gasteiger charge is 2.21. The van der Waals surface area contributed by atoms with E-state index in [1.807, 2.05) is 48.5 Å². The Hall–Kier alpha value is -3.60. The summed E-state index contributed by atoms with van der Waals surface area (Å²) in [4.78, 5) is 24.2. The second-order valence-electron chi connectivity index (χ2n) is 9.23. The summed E-state index contributed by atoms with van der Waals surface area (Å²) in [5, 5.41) is 0.892. The number of hydrogen-bond donors (Lipinski definition) is 0. The van der Waals surface area contributed by atoms with Crippen LogP contribution >= 0.6 is 0 Å². The Bertz CT molecular complexity index is 1270. The standard InChI is InChI=1S/C27H27NO4/c1-18(29)32-21-10-11-22-23(17-31-26(22)14-21)25-13-12-24(19-8-6-5-7-9-19)28(25)16-20(30)15-27(2,3)4/h5-14,17H,15-16H2,1-4H3. The van der Waals surface area contributed by atoms with Gasteiger partial charge in [-0.25, -0.2) is 0 Å². The molecule has 0 aliphatic carbocycles. The van der Waals surface area contributed by atoms with Gasteiger partial charge < -0.3 is 13.7 Å². The van der Waals surface area contributed by atoms with Gasteiger partial charge >= 0.3 is 5.97 Å². The number of ketones is 1. The summed E-state index contributed by atoms with van der Waals surface area (Å²) in [5.74, 6) is 0.235. The van der Waals surface area contributed by atoms with E-state index in [9.17, 15) is 9.59 Å². The molecule has 0 N–H and O–H groups in total. The molecule has 0 aliphatic rings. The van der Waals surface area contributed by atoms with E-state index in [1.165, 1.54) is 6.92 Å². The Morgan fingerprint density at radius 2 is 1.69 bits per heavy atom. The second-order valence-corrected chi connectivity index (χ2v) is 9.23. The molecule has 0 saturated heterocycles. The fourth-order valence-electron chi connectivity index (χ4n) is 3.99. The molecule has 2 heterocycles. The van der Waals surface area contributed by atoms with Crippen LogP contribution < -0.4 is 4.74 Å². The van der Waals surface area contributed by atoms with Gasteiger partial charge in [-0.3, -0.25) is 9.59 Å². The molecule has 164 valence electrons. The molecule has 0 saturated carbocycles. The van der Waals surface area contributed by atoms with Crippen molar-refractivity contribution < 1.29 is 18.7 Å². The number of Topliss-reactive ketones (excluding diaryl/α,β-unsaturated/α-hetero) is 1. The Kier molecular flexibility index (Phi) is 5.74. The van der Waals surface area contributed by atoms with Gasteiger partial charge in [0.25, 0.3) is 0 Å². The van der Waals surface area contributed by atoms with E-state index < -0.39 is 0 Å². The third-order valence-corrected chi connectivity index (χ3v) is 5.20. The van der Waals surface area contributed by atoms with Gasteiger partial charge in [0.05, 0.1) is 12.2 Å². The Labute approximate surface area is 187 Å². The molecular weight excluding hydrogens is 402 g/mol. The number of hydrogen-bond acceptors (Lipinski definition) is 4. The summed E-state index contributed by atoms with van der Waals surface area (Å²) >= 11 is 0. The van der Waals surface area contributed by atoms with E-state index in [0.717, 1.165) is 27.9 Å². The molecule has 5 heteroatoms. The van der Waals surface area contributed by atoms with E-state index in [4.69, 9.17) is 9.15 Å². The first-order valence-electron chi connectivity index (χ1n) is 10.7. The van der Waals surface area contributed by atoms with Crippen LogP contribution in [0.1, 0.15) is 34.1 Å². The number of esters is 1. The predicted molar refractivity (Wildman–Crippen MR) is 125 cm³/mol. The van der Waals surface area contributed by atoms with Crippen molar-refractivity contribution in [3.63, 3.8) is 0 Å². The largest absolute Gasteiger partial charge is 0.463 e. The van der Waals surface area contributed by atoms with E-state index >= 15 is 0 Å². The summed E-state index contributed by atoms with van der Waals surface area (Å²) in [6.07, 6.45) is 2.19. The van der Waals surface area contributed by atoms with Crippen molar-refractivity contribution in [1.29, 1.82) is 0 Å². The highest BCUT2D eigenvalue weighted by molar-refractivity contribution is 5.95. The lowest BCUT2D eigenvalue weighted by Gasteiger charge is -2.19. The van der Waals surface area contributed by atoms with Crippen LogP contribution in [0, 0.1) is 5.41 Å². The van der Waals surface area contributed by atoms with Gasteiger partial charge in [-0.2, -0.15) is 0 Å². The SMILES string of the molecule is CC(=O)Oc1ccc2c(-c3ccc(-c4ccccc4)n3CC(=O)CC(C)(C)C)coc2c1. The van der Waals surface area contributed by atoms with E-state index in [0.29, 0.717) is 17.8 Å². The van der Waals surface area contributed by atoms with Crippen LogP contribution in [0.4, 0.5) is 0 Å². The van der Waals surface area contributed by atoms with Crippen LogP contribution in [0.3, 0.4) is 0 Å². The zero-order valence-corrected chi connectivity index (χ0v) is 18.8. The minimum Gasteiger partial charge on any atom is -0.463 e. The number of rotatable bonds is 6. The predicted octanol–water partition coefficient (Wildman–Crippen LogP) is 6.50. The van der Waals surface area contributed by atoms with Gasteiger partial charge in [0.1, 0.15) is 17.6 Å². The number of aromatic nitrogens is 1. The van der Waals surface area contributed by atoms with Gasteiger partial charge in [0, 0.05) is 36.1 Å². The molecule has 0 atom stereocenters. The zero-order valence-electron chi connectivity index (χ0n) is 18.8. The van der Waals surface area contributed by atoms with Gasteiger partial charge in [0.2, 0.25) is 0 Å². The van der Waals surface area contributed by atoms with Crippen LogP contribution in [-0.2, 0) is 16.1 Å². The monoisotopic (exact) mass is 429 g/mol. The number of ether oxygens (including phenoxy) is 1. The maximum absolute atomic E-state index is 12.9. The molecule has 0 fully saturated rings. The van der Waals surface area contributed by atoms with Crippen molar-refractivity contribution in [1.82, 2.24) is 4.57 Å². The molecule has 0 aliphatic heterocycles. The average molecular weight is 430 g/mol.